The second kappa shape index (κ2) is 10.2. The van der Waals surface area contributed by atoms with E-state index in [0.717, 1.165) is 17.7 Å². The fourth-order valence-electron chi connectivity index (χ4n) is 2.08. The Labute approximate surface area is 166 Å². The van der Waals surface area contributed by atoms with Crippen LogP contribution in [0.1, 0.15) is 5.56 Å². The maximum Gasteiger partial charge on any atom is 0.573 e. The molecule has 0 spiro atoms. The summed E-state index contributed by atoms with van der Waals surface area (Å²) in [6, 6.07) is 14.5. The Morgan fingerprint density at radius 2 is 1.73 bits per heavy atom. The SMILES string of the molecule is I.NC(=NCC(O)Cc1ccccc1)Nc1ccc(OC(F)(F)F)cc1. The molecule has 0 bridgehead atoms. The molecule has 4 N–H and O–H groups in total. The van der Waals surface area contributed by atoms with Crippen LogP contribution < -0.4 is 15.8 Å². The van der Waals surface area contributed by atoms with Crippen molar-refractivity contribution in [3.63, 3.8) is 0 Å². The maximum atomic E-state index is 12.1. The Morgan fingerprint density at radius 1 is 1.12 bits per heavy atom. The average Bonchev–Trinajstić information content (AvgIpc) is 2.54. The van der Waals surface area contributed by atoms with Gasteiger partial charge in [0.2, 0.25) is 0 Å². The van der Waals surface area contributed by atoms with Gasteiger partial charge in [-0.3, -0.25) is 4.99 Å². The summed E-state index contributed by atoms with van der Waals surface area (Å²) in [4.78, 5) is 4.02. The zero-order chi connectivity index (χ0) is 18.3. The third kappa shape index (κ3) is 8.39. The van der Waals surface area contributed by atoms with Gasteiger partial charge < -0.3 is 20.9 Å². The van der Waals surface area contributed by atoms with E-state index in [1.54, 1.807) is 0 Å². The molecule has 0 heterocycles. The predicted molar refractivity (Wildman–Crippen MR) is 105 cm³/mol. The summed E-state index contributed by atoms with van der Waals surface area (Å²) in [7, 11) is 0. The quantitative estimate of drug-likeness (QED) is 0.335. The minimum absolute atomic E-state index is 0. The first-order valence-corrected chi connectivity index (χ1v) is 7.46. The van der Waals surface area contributed by atoms with Crippen LogP contribution in [0, 0.1) is 0 Å². The highest BCUT2D eigenvalue weighted by Crippen LogP contribution is 2.23. The molecule has 1 unspecified atom stereocenters. The highest BCUT2D eigenvalue weighted by Gasteiger charge is 2.30. The van der Waals surface area contributed by atoms with Gasteiger partial charge in [-0.25, -0.2) is 0 Å². The van der Waals surface area contributed by atoms with Gasteiger partial charge in [0.1, 0.15) is 5.75 Å². The molecule has 1 atom stereocenters. The van der Waals surface area contributed by atoms with Crippen molar-refractivity contribution in [3.05, 3.63) is 60.2 Å². The van der Waals surface area contributed by atoms with E-state index in [4.69, 9.17) is 5.73 Å². The van der Waals surface area contributed by atoms with Gasteiger partial charge in [-0.05, 0) is 29.8 Å². The van der Waals surface area contributed by atoms with Crippen molar-refractivity contribution in [2.24, 2.45) is 10.7 Å². The Kier molecular flexibility index (Phi) is 8.66. The van der Waals surface area contributed by atoms with Crippen LogP contribution in [0.5, 0.6) is 5.75 Å². The lowest BCUT2D eigenvalue weighted by molar-refractivity contribution is -0.274. The van der Waals surface area contributed by atoms with Crippen molar-refractivity contribution in [1.29, 1.82) is 0 Å². The molecule has 0 saturated heterocycles. The van der Waals surface area contributed by atoms with Crippen LogP contribution in [0.3, 0.4) is 0 Å². The Morgan fingerprint density at radius 3 is 2.31 bits per heavy atom. The van der Waals surface area contributed by atoms with Gasteiger partial charge in [-0.1, -0.05) is 30.3 Å². The lowest BCUT2D eigenvalue weighted by atomic mass is 10.1. The van der Waals surface area contributed by atoms with Crippen molar-refractivity contribution in [2.75, 3.05) is 11.9 Å². The Hall–Kier alpha value is -2.01. The molecule has 0 radical (unpaired) electrons. The van der Waals surface area contributed by atoms with Gasteiger partial charge in [-0.15, -0.1) is 37.1 Å². The van der Waals surface area contributed by atoms with Gasteiger partial charge in [0.05, 0.1) is 12.6 Å². The number of halogens is 4. The molecule has 2 aromatic carbocycles. The van der Waals surface area contributed by atoms with Crippen molar-refractivity contribution in [1.82, 2.24) is 0 Å². The highest BCUT2D eigenvalue weighted by molar-refractivity contribution is 14.0. The van der Waals surface area contributed by atoms with E-state index < -0.39 is 12.5 Å². The van der Waals surface area contributed by atoms with Gasteiger partial charge >= 0.3 is 6.36 Å². The summed E-state index contributed by atoms with van der Waals surface area (Å²) in [6.07, 6.45) is -4.98. The second-order valence-electron chi connectivity index (χ2n) is 5.27. The van der Waals surface area contributed by atoms with E-state index in [1.807, 2.05) is 30.3 Å². The smallest absolute Gasteiger partial charge is 0.406 e. The molecular weight excluding hydrogens is 462 g/mol. The van der Waals surface area contributed by atoms with E-state index in [1.165, 1.54) is 12.1 Å². The fraction of sp³-hybridized carbons (Fsp3) is 0.235. The lowest BCUT2D eigenvalue weighted by Gasteiger charge is -2.11. The third-order valence-corrected chi connectivity index (χ3v) is 3.15. The second-order valence-corrected chi connectivity index (χ2v) is 5.27. The molecule has 0 fully saturated rings. The molecular formula is C17H19F3IN3O2. The number of aliphatic hydroxyl groups excluding tert-OH is 1. The van der Waals surface area contributed by atoms with Gasteiger partial charge in [0.25, 0.3) is 0 Å². The zero-order valence-electron chi connectivity index (χ0n) is 13.6. The molecule has 0 amide bonds. The van der Waals surface area contributed by atoms with Crippen LogP contribution in [0.25, 0.3) is 0 Å². The topological polar surface area (TPSA) is 79.9 Å². The van der Waals surface area contributed by atoms with Crippen LogP contribution in [-0.2, 0) is 6.42 Å². The number of nitrogens with zero attached hydrogens (tertiary/aromatic N) is 1. The normalized spacial score (nSPS) is 12.8. The molecule has 0 saturated carbocycles. The Bertz CT molecular complexity index is 695. The van der Waals surface area contributed by atoms with Crippen molar-refractivity contribution < 1.29 is 23.0 Å². The number of hydrogen-bond donors (Lipinski definition) is 3. The monoisotopic (exact) mass is 481 g/mol. The summed E-state index contributed by atoms with van der Waals surface area (Å²) in [5.41, 5.74) is 7.14. The number of rotatable bonds is 6. The number of nitrogens with two attached hydrogens (primary N) is 1. The first kappa shape index (κ1) is 22.0. The van der Waals surface area contributed by atoms with E-state index in [2.05, 4.69) is 15.0 Å². The number of alkyl halides is 3. The number of guanidine groups is 1. The third-order valence-electron chi connectivity index (χ3n) is 3.15. The number of aliphatic imine (C=N–C) groups is 1. The molecule has 5 nitrogen and oxygen atoms in total. The average molecular weight is 481 g/mol. The first-order valence-electron chi connectivity index (χ1n) is 7.46. The summed E-state index contributed by atoms with van der Waals surface area (Å²) < 4.78 is 40.0. The lowest BCUT2D eigenvalue weighted by Crippen LogP contribution is -2.25. The number of aliphatic hydroxyl groups is 1. The van der Waals surface area contributed by atoms with E-state index in [0.29, 0.717) is 12.1 Å². The number of nitrogens with one attached hydrogen (secondary N) is 1. The van der Waals surface area contributed by atoms with Gasteiger partial charge in [-0.2, -0.15) is 0 Å². The highest BCUT2D eigenvalue weighted by atomic mass is 127. The summed E-state index contributed by atoms with van der Waals surface area (Å²) in [5.74, 6) is -0.275. The molecule has 0 aromatic heterocycles. The van der Waals surface area contributed by atoms with E-state index in [-0.39, 0.29) is 42.2 Å². The number of ether oxygens (including phenoxy) is 1. The number of benzene rings is 2. The Balaban J connectivity index is 0.00000338. The zero-order valence-corrected chi connectivity index (χ0v) is 15.9. The van der Waals surface area contributed by atoms with Crippen molar-refractivity contribution in [3.8, 4) is 5.75 Å². The van der Waals surface area contributed by atoms with Crippen LogP contribution in [0.2, 0.25) is 0 Å². The van der Waals surface area contributed by atoms with Crippen LogP contribution in [0.4, 0.5) is 18.9 Å². The summed E-state index contributed by atoms with van der Waals surface area (Å²) in [6.45, 7) is 0.100. The van der Waals surface area contributed by atoms with Crippen LogP contribution >= 0.6 is 24.0 Å². The largest absolute Gasteiger partial charge is 0.573 e. The van der Waals surface area contributed by atoms with Crippen molar-refractivity contribution >= 4 is 35.6 Å². The summed E-state index contributed by atoms with van der Waals surface area (Å²) >= 11 is 0. The summed E-state index contributed by atoms with van der Waals surface area (Å²) in [5, 5.41) is 12.7. The first-order chi connectivity index (χ1) is 11.8. The molecule has 2 aromatic rings. The molecule has 9 heteroatoms. The van der Waals surface area contributed by atoms with Crippen LogP contribution in [-0.4, -0.2) is 30.1 Å². The van der Waals surface area contributed by atoms with Crippen LogP contribution in [0.15, 0.2) is 59.6 Å². The molecule has 0 aliphatic carbocycles. The predicted octanol–water partition coefficient (Wildman–Crippen LogP) is 3.53. The van der Waals surface area contributed by atoms with E-state index >= 15 is 0 Å². The van der Waals surface area contributed by atoms with Gasteiger partial charge in [0, 0.05) is 12.1 Å². The maximum absolute atomic E-state index is 12.1. The minimum Gasteiger partial charge on any atom is -0.406 e. The number of anilines is 1. The van der Waals surface area contributed by atoms with Gasteiger partial charge in [0.15, 0.2) is 5.96 Å². The van der Waals surface area contributed by atoms with Crippen molar-refractivity contribution in [2.45, 2.75) is 18.9 Å². The minimum atomic E-state index is -4.73. The molecule has 0 aliphatic heterocycles. The molecule has 0 aliphatic rings. The fourth-order valence-corrected chi connectivity index (χ4v) is 2.08. The number of hydrogen-bond acceptors (Lipinski definition) is 3. The standard InChI is InChI=1S/C17H18F3N3O2.HI/c18-17(19,20)25-15-8-6-13(7-9-15)23-16(21)22-11-14(24)10-12-4-2-1-3-5-12;/h1-9,14,24H,10-11H2,(H3,21,22,23);1H. The molecule has 142 valence electrons. The van der Waals surface area contributed by atoms with E-state index in [9.17, 15) is 18.3 Å². The molecule has 26 heavy (non-hydrogen) atoms. The molecule has 2 rings (SSSR count).